The van der Waals surface area contributed by atoms with Crippen LogP contribution in [0.4, 0.5) is 0 Å². The van der Waals surface area contributed by atoms with Crippen LogP contribution in [-0.2, 0) is 9.59 Å². The zero-order chi connectivity index (χ0) is 27.7. The lowest BCUT2D eigenvalue weighted by atomic mass is 9.81. The third-order valence-electron chi connectivity index (χ3n) is 5.53. The Morgan fingerprint density at radius 2 is 1.72 bits per heavy atom. The van der Waals surface area contributed by atoms with Gasteiger partial charge in [-0.05, 0) is 78.5 Å². The first-order valence-electron chi connectivity index (χ1n) is 12.1. The molecule has 36 heavy (non-hydrogen) atoms. The van der Waals surface area contributed by atoms with Crippen LogP contribution >= 0.6 is 15.9 Å². The minimum atomic E-state index is -1.03. The molecule has 0 radical (unpaired) electrons. The van der Waals surface area contributed by atoms with E-state index < -0.39 is 17.6 Å². The van der Waals surface area contributed by atoms with Crippen LogP contribution in [0.3, 0.4) is 0 Å². The summed E-state index contributed by atoms with van der Waals surface area (Å²) in [4.78, 5) is 23.9. The monoisotopic (exact) mass is 559 g/mol. The third-order valence-corrected chi connectivity index (χ3v) is 6.69. The van der Waals surface area contributed by atoms with Gasteiger partial charge in [0.25, 0.3) is 0 Å². The van der Waals surface area contributed by atoms with Gasteiger partial charge in [-0.1, -0.05) is 70.5 Å². The largest absolute Gasteiger partial charge is 0.388 e. The van der Waals surface area contributed by atoms with Crippen LogP contribution in [0, 0.1) is 17.3 Å². The Morgan fingerprint density at radius 1 is 1.06 bits per heavy atom. The molecule has 1 amide bonds. The van der Waals surface area contributed by atoms with Crippen LogP contribution in [-0.4, -0.2) is 40.2 Å². The number of halogens is 1. The summed E-state index contributed by atoms with van der Waals surface area (Å²) >= 11 is 3.46. The molecule has 0 aromatic carbocycles. The molecule has 0 unspecified atom stereocenters. The molecule has 3 N–H and O–H groups in total. The predicted octanol–water partition coefficient (Wildman–Crippen LogP) is 5.86. The van der Waals surface area contributed by atoms with E-state index in [0.29, 0.717) is 29.3 Å². The zero-order valence-corrected chi connectivity index (χ0v) is 24.2. The van der Waals surface area contributed by atoms with Crippen LogP contribution in [0.25, 0.3) is 0 Å². The molecule has 0 spiro atoms. The molecule has 0 heterocycles. The number of amides is 1. The lowest BCUT2D eigenvalue weighted by Crippen LogP contribution is -2.48. The Kier molecular flexibility index (Phi) is 16.7. The van der Waals surface area contributed by atoms with Crippen molar-refractivity contribution < 1.29 is 19.8 Å². The van der Waals surface area contributed by atoms with Crippen molar-refractivity contribution >= 4 is 27.6 Å². The van der Waals surface area contributed by atoms with Crippen LogP contribution in [0.1, 0.15) is 67.7 Å². The summed E-state index contributed by atoms with van der Waals surface area (Å²) in [5.74, 6) is 5.43. The van der Waals surface area contributed by atoms with Gasteiger partial charge in [0.1, 0.15) is 5.78 Å². The molecule has 0 aromatic heterocycles. The number of carbonyl (C=O) groups excluding carboxylic acids is 2. The van der Waals surface area contributed by atoms with E-state index in [1.807, 2.05) is 50.3 Å². The highest BCUT2D eigenvalue weighted by molar-refractivity contribution is 9.11. The van der Waals surface area contributed by atoms with Crippen LogP contribution < -0.4 is 5.32 Å². The molecule has 0 aliphatic rings. The molecule has 0 fully saturated rings. The second-order valence-corrected chi connectivity index (χ2v) is 10.2. The highest BCUT2D eigenvalue weighted by Crippen LogP contribution is 2.27. The maximum Gasteiger partial charge on any atom is 0.228 e. The minimum Gasteiger partial charge on any atom is -0.388 e. The number of hydrogen-bond donors (Lipinski definition) is 3. The summed E-state index contributed by atoms with van der Waals surface area (Å²) in [5, 5.41) is 24.0. The van der Waals surface area contributed by atoms with Gasteiger partial charge in [-0.15, -0.1) is 5.92 Å². The van der Waals surface area contributed by atoms with Crippen molar-refractivity contribution in [3.8, 4) is 11.8 Å². The SMILES string of the molecule is CC#C/C=C\C=C\C[C@@H](O)/C(Br)=C(C)/C=C/C=C\C=C(\C)[C@H](O)C(C)(C)C(=O)N[C@H](C)CCC(C)=O. The summed E-state index contributed by atoms with van der Waals surface area (Å²) in [6, 6.07) is -0.148. The Balaban J connectivity index is 5.00. The maximum absolute atomic E-state index is 12.7. The second kappa shape index (κ2) is 17.9. The number of aliphatic hydroxyl groups is 2. The molecule has 0 rings (SSSR count). The second-order valence-electron chi connectivity index (χ2n) is 9.36. The van der Waals surface area contributed by atoms with Crippen molar-refractivity contribution in [3.63, 3.8) is 0 Å². The molecule has 5 nitrogen and oxygen atoms in total. The molecule has 6 heteroatoms. The summed E-state index contributed by atoms with van der Waals surface area (Å²) in [6.45, 7) is 12.2. The summed E-state index contributed by atoms with van der Waals surface area (Å²) in [6.07, 6.45) is 16.3. The van der Waals surface area contributed by atoms with Crippen molar-refractivity contribution in [1.82, 2.24) is 5.32 Å². The minimum absolute atomic E-state index is 0.0864. The maximum atomic E-state index is 12.7. The molecule has 0 aromatic rings. The molecule has 198 valence electrons. The molecule has 0 saturated carbocycles. The highest BCUT2D eigenvalue weighted by Gasteiger charge is 2.37. The fraction of sp³-hybridized carbons (Fsp3) is 0.467. The first-order chi connectivity index (χ1) is 16.8. The Morgan fingerprint density at radius 3 is 2.33 bits per heavy atom. The molecular weight excluding hydrogens is 518 g/mol. The van der Waals surface area contributed by atoms with Gasteiger partial charge in [0.2, 0.25) is 5.91 Å². The van der Waals surface area contributed by atoms with Crippen molar-refractivity contribution in [3.05, 3.63) is 70.3 Å². The van der Waals surface area contributed by atoms with E-state index in [2.05, 4.69) is 33.1 Å². The van der Waals surface area contributed by atoms with Crippen molar-refractivity contribution in [1.29, 1.82) is 0 Å². The van der Waals surface area contributed by atoms with E-state index in [0.717, 1.165) is 5.57 Å². The van der Waals surface area contributed by atoms with E-state index in [9.17, 15) is 19.8 Å². The van der Waals surface area contributed by atoms with Gasteiger partial charge >= 0.3 is 0 Å². The van der Waals surface area contributed by atoms with E-state index >= 15 is 0 Å². The van der Waals surface area contributed by atoms with Gasteiger partial charge < -0.3 is 20.3 Å². The lowest BCUT2D eigenvalue weighted by Gasteiger charge is -2.31. The normalized spacial score (nSPS) is 16.2. The van der Waals surface area contributed by atoms with E-state index in [1.165, 1.54) is 6.92 Å². The Bertz CT molecular complexity index is 971. The number of aliphatic hydroxyl groups excluding tert-OH is 2. The average molecular weight is 561 g/mol. The van der Waals surface area contributed by atoms with Crippen LogP contribution in [0.15, 0.2) is 70.3 Å². The van der Waals surface area contributed by atoms with Crippen LogP contribution in [0.5, 0.6) is 0 Å². The third kappa shape index (κ3) is 13.6. The lowest BCUT2D eigenvalue weighted by molar-refractivity contribution is -0.134. The smallest absolute Gasteiger partial charge is 0.228 e. The summed E-state index contributed by atoms with van der Waals surface area (Å²) in [7, 11) is 0. The van der Waals surface area contributed by atoms with E-state index in [-0.39, 0.29) is 17.7 Å². The number of Topliss-reactive ketones (excluding diaryl/α,β-unsaturated/α-hetero) is 1. The van der Waals surface area contributed by atoms with Crippen molar-refractivity contribution in [2.75, 3.05) is 0 Å². The number of allylic oxidation sites excluding steroid dienone is 9. The van der Waals surface area contributed by atoms with Gasteiger partial charge in [-0.2, -0.15) is 0 Å². The molecule has 0 aliphatic heterocycles. The van der Waals surface area contributed by atoms with Crippen molar-refractivity contribution in [2.45, 2.75) is 86.0 Å². The first kappa shape index (κ1) is 33.5. The quantitative estimate of drug-likeness (QED) is 0.184. The van der Waals surface area contributed by atoms with Crippen LogP contribution in [0.2, 0.25) is 0 Å². The van der Waals surface area contributed by atoms with Gasteiger partial charge in [-0.25, -0.2) is 0 Å². The van der Waals surface area contributed by atoms with E-state index in [1.54, 1.807) is 45.9 Å². The van der Waals surface area contributed by atoms with Gasteiger partial charge in [0, 0.05) is 16.9 Å². The first-order valence-corrected chi connectivity index (χ1v) is 12.9. The van der Waals surface area contributed by atoms with Gasteiger partial charge in [0.15, 0.2) is 0 Å². The molecular formula is C30H42BrNO4. The Labute approximate surface area is 226 Å². The topological polar surface area (TPSA) is 86.6 Å². The number of carbonyl (C=O) groups is 2. The Hall–Kier alpha value is -2.46. The number of nitrogens with one attached hydrogen (secondary N) is 1. The molecule has 3 atom stereocenters. The number of ketones is 1. The average Bonchev–Trinajstić information content (AvgIpc) is 2.82. The predicted molar refractivity (Wildman–Crippen MR) is 153 cm³/mol. The van der Waals surface area contributed by atoms with E-state index in [4.69, 9.17) is 0 Å². The molecule has 0 saturated heterocycles. The van der Waals surface area contributed by atoms with Gasteiger partial charge in [-0.3, -0.25) is 4.79 Å². The molecule has 0 aliphatic carbocycles. The summed E-state index contributed by atoms with van der Waals surface area (Å²) in [5.41, 5.74) is 0.527. The van der Waals surface area contributed by atoms with Gasteiger partial charge in [0.05, 0.1) is 17.6 Å². The van der Waals surface area contributed by atoms with Crippen molar-refractivity contribution in [2.24, 2.45) is 5.41 Å². The number of hydrogen-bond acceptors (Lipinski definition) is 4. The number of rotatable bonds is 14. The fourth-order valence-electron chi connectivity index (χ4n) is 3.08. The zero-order valence-electron chi connectivity index (χ0n) is 22.6. The summed E-state index contributed by atoms with van der Waals surface area (Å²) < 4.78 is 0.710. The fourth-order valence-corrected chi connectivity index (χ4v) is 3.40. The molecule has 0 bridgehead atoms. The standard InChI is InChI=1S/C30H42BrNO4/c1-8-9-10-11-12-16-19-26(34)27(31)22(2)17-14-13-15-18-23(3)28(35)30(6,7)29(36)32-24(4)20-21-25(5)33/h10-18,24,26,28,34-35H,19-21H2,1-7H3,(H,32,36)/b11-10-,15-13-,16-12+,17-14+,23-18-,27-22-/t24-,26-,28+/m1/s1. The highest BCUT2D eigenvalue weighted by atomic mass is 79.9.